The standard InChI is InChI=1S/C21H24BrNO3/c1-21(2,3)26-20(24)23-11-10-14-12-15(8-9-16(14)13-23)17-6-5-7-18(22)19(17)25-4/h5-9,12H,10-11,13H2,1-4H3. The van der Waals surface area contributed by atoms with Gasteiger partial charge >= 0.3 is 6.09 Å². The minimum Gasteiger partial charge on any atom is -0.495 e. The van der Waals surface area contributed by atoms with E-state index in [1.54, 1.807) is 12.0 Å². The summed E-state index contributed by atoms with van der Waals surface area (Å²) < 4.78 is 12.0. The molecule has 0 bridgehead atoms. The zero-order valence-electron chi connectivity index (χ0n) is 15.6. The summed E-state index contributed by atoms with van der Waals surface area (Å²) in [7, 11) is 1.68. The van der Waals surface area contributed by atoms with Gasteiger partial charge in [-0.2, -0.15) is 0 Å². The number of rotatable bonds is 2. The molecule has 0 fully saturated rings. The van der Waals surface area contributed by atoms with Crippen LogP contribution in [0.2, 0.25) is 0 Å². The lowest BCUT2D eigenvalue weighted by atomic mass is 9.94. The first kappa shape index (κ1) is 18.8. The Kier molecular flexibility index (Phi) is 5.28. The Morgan fingerprint density at radius 3 is 2.62 bits per heavy atom. The Bertz CT molecular complexity index is 826. The van der Waals surface area contributed by atoms with Crippen LogP contribution < -0.4 is 4.74 Å². The Morgan fingerprint density at radius 2 is 1.92 bits per heavy atom. The maximum absolute atomic E-state index is 12.3. The molecule has 1 heterocycles. The number of carbonyl (C=O) groups is 1. The summed E-state index contributed by atoms with van der Waals surface area (Å²) in [5, 5.41) is 0. The van der Waals surface area contributed by atoms with Gasteiger partial charge in [0.25, 0.3) is 0 Å². The molecule has 0 aromatic heterocycles. The number of halogens is 1. The average Bonchev–Trinajstić information content (AvgIpc) is 2.59. The first-order chi connectivity index (χ1) is 12.3. The molecule has 5 heteroatoms. The molecule has 26 heavy (non-hydrogen) atoms. The topological polar surface area (TPSA) is 38.8 Å². The van der Waals surface area contributed by atoms with Crippen molar-refractivity contribution in [1.29, 1.82) is 0 Å². The summed E-state index contributed by atoms with van der Waals surface area (Å²) in [5.41, 5.74) is 4.13. The molecular formula is C21H24BrNO3. The molecule has 1 aliphatic heterocycles. The molecule has 0 unspecified atom stereocenters. The molecule has 3 rings (SSSR count). The molecule has 4 nitrogen and oxygen atoms in total. The number of methoxy groups -OCH3 is 1. The first-order valence-electron chi connectivity index (χ1n) is 8.71. The zero-order valence-corrected chi connectivity index (χ0v) is 17.2. The lowest BCUT2D eigenvalue weighted by Gasteiger charge is -2.31. The summed E-state index contributed by atoms with van der Waals surface area (Å²) >= 11 is 3.54. The van der Waals surface area contributed by atoms with Crippen LogP contribution in [0.5, 0.6) is 5.75 Å². The number of fused-ring (bicyclic) bond motifs is 1. The predicted molar refractivity (Wildman–Crippen MR) is 106 cm³/mol. The SMILES string of the molecule is COc1c(Br)cccc1-c1ccc2c(c1)CCN(C(=O)OC(C)(C)C)C2. The van der Waals surface area contributed by atoms with Gasteiger partial charge in [0.05, 0.1) is 11.6 Å². The number of hydrogen-bond acceptors (Lipinski definition) is 3. The van der Waals surface area contributed by atoms with Crippen LogP contribution in [0.15, 0.2) is 40.9 Å². The van der Waals surface area contributed by atoms with E-state index in [4.69, 9.17) is 9.47 Å². The van der Waals surface area contributed by atoms with Crippen molar-refractivity contribution < 1.29 is 14.3 Å². The highest BCUT2D eigenvalue weighted by atomic mass is 79.9. The van der Waals surface area contributed by atoms with E-state index in [1.807, 2.05) is 32.9 Å². The van der Waals surface area contributed by atoms with Crippen LogP contribution >= 0.6 is 15.9 Å². The van der Waals surface area contributed by atoms with Gasteiger partial charge in [0.1, 0.15) is 11.4 Å². The molecule has 2 aromatic rings. The Hall–Kier alpha value is -2.01. The number of ether oxygens (including phenoxy) is 2. The van der Waals surface area contributed by atoms with Crippen molar-refractivity contribution in [2.75, 3.05) is 13.7 Å². The maximum atomic E-state index is 12.3. The second kappa shape index (κ2) is 7.31. The van der Waals surface area contributed by atoms with E-state index >= 15 is 0 Å². The first-order valence-corrected chi connectivity index (χ1v) is 9.50. The number of carbonyl (C=O) groups excluding carboxylic acids is 1. The third-order valence-electron chi connectivity index (χ3n) is 4.35. The van der Waals surface area contributed by atoms with Crippen molar-refractivity contribution >= 4 is 22.0 Å². The molecular weight excluding hydrogens is 394 g/mol. The van der Waals surface area contributed by atoms with Gasteiger partial charge in [0.2, 0.25) is 0 Å². The second-order valence-corrected chi connectivity index (χ2v) is 8.31. The Labute approximate surface area is 163 Å². The molecule has 0 saturated heterocycles. The minimum absolute atomic E-state index is 0.249. The Morgan fingerprint density at radius 1 is 1.15 bits per heavy atom. The monoisotopic (exact) mass is 417 g/mol. The molecule has 0 saturated carbocycles. The van der Waals surface area contributed by atoms with Crippen molar-refractivity contribution in [2.24, 2.45) is 0 Å². The normalized spacial score (nSPS) is 14.0. The summed E-state index contributed by atoms with van der Waals surface area (Å²) in [5.74, 6) is 0.832. The number of benzene rings is 2. The fraction of sp³-hybridized carbons (Fsp3) is 0.381. The number of amides is 1. The van der Waals surface area contributed by atoms with E-state index in [-0.39, 0.29) is 6.09 Å². The minimum atomic E-state index is -0.474. The summed E-state index contributed by atoms with van der Waals surface area (Å²) in [4.78, 5) is 14.1. The molecule has 1 amide bonds. The third kappa shape index (κ3) is 4.04. The van der Waals surface area contributed by atoms with Crippen molar-refractivity contribution in [3.8, 4) is 16.9 Å². The average molecular weight is 418 g/mol. The van der Waals surface area contributed by atoms with Crippen molar-refractivity contribution in [1.82, 2.24) is 4.90 Å². The largest absolute Gasteiger partial charge is 0.495 e. The van der Waals surface area contributed by atoms with E-state index in [9.17, 15) is 4.79 Å². The van der Waals surface area contributed by atoms with Gasteiger partial charge in [-0.05, 0) is 65.9 Å². The van der Waals surface area contributed by atoms with E-state index in [2.05, 4.69) is 40.2 Å². The molecule has 0 N–H and O–H groups in total. The van der Waals surface area contributed by atoms with Gasteiger partial charge in [-0.15, -0.1) is 0 Å². The maximum Gasteiger partial charge on any atom is 0.410 e. The van der Waals surface area contributed by atoms with Crippen LogP contribution in [-0.4, -0.2) is 30.2 Å². The van der Waals surface area contributed by atoms with Crippen molar-refractivity contribution in [3.63, 3.8) is 0 Å². The smallest absolute Gasteiger partial charge is 0.410 e. The predicted octanol–water partition coefficient (Wildman–Crippen LogP) is 5.42. The van der Waals surface area contributed by atoms with Gasteiger partial charge in [-0.1, -0.05) is 30.3 Å². The summed E-state index contributed by atoms with van der Waals surface area (Å²) in [6.45, 7) is 6.92. The number of para-hydroxylation sites is 1. The van der Waals surface area contributed by atoms with Gasteiger partial charge in [0, 0.05) is 18.7 Å². The fourth-order valence-electron chi connectivity index (χ4n) is 3.15. The van der Waals surface area contributed by atoms with E-state index in [1.165, 1.54) is 11.1 Å². The lowest BCUT2D eigenvalue weighted by Crippen LogP contribution is -2.39. The molecule has 2 aromatic carbocycles. The highest BCUT2D eigenvalue weighted by Crippen LogP contribution is 2.37. The van der Waals surface area contributed by atoms with Crippen LogP contribution in [0.4, 0.5) is 4.79 Å². The lowest BCUT2D eigenvalue weighted by molar-refractivity contribution is 0.0224. The molecule has 0 atom stereocenters. The van der Waals surface area contributed by atoms with Crippen LogP contribution in [0, 0.1) is 0 Å². The van der Waals surface area contributed by atoms with Gasteiger partial charge < -0.3 is 14.4 Å². The summed E-state index contributed by atoms with van der Waals surface area (Å²) in [6.07, 6.45) is 0.569. The highest BCUT2D eigenvalue weighted by Gasteiger charge is 2.26. The van der Waals surface area contributed by atoms with Crippen molar-refractivity contribution in [3.05, 3.63) is 52.0 Å². The fourth-order valence-corrected chi connectivity index (χ4v) is 3.67. The van der Waals surface area contributed by atoms with E-state index in [0.717, 1.165) is 27.8 Å². The quantitative estimate of drug-likeness (QED) is 0.654. The zero-order chi connectivity index (χ0) is 18.9. The number of hydrogen-bond donors (Lipinski definition) is 0. The molecule has 0 radical (unpaired) electrons. The van der Waals surface area contributed by atoms with Crippen LogP contribution in [0.1, 0.15) is 31.9 Å². The summed E-state index contributed by atoms with van der Waals surface area (Å²) in [6, 6.07) is 12.4. The van der Waals surface area contributed by atoms with Gasteiger partial charge in [0.15, 0.2) is 0 Å². The molecule has 0 spiro atoms. The van der Waals surface area contributed by atoms with Gasteiger partial charge in [-0.3, -0.25) is 0 Å². The second-order valence-electron chi connectivity index (χ2n) is 7.46. The number of nitrogens with zero attached hydrogens (tertiary/aromatic N) is 1. The Balaban J connectivity index is 1.84. The highest BCUT2D eigenvalue weighted by molar-refractivity contribution is 9.10. The van der Waals surface area contributed by atoms with E-state index < -0.39 is 5.60 Å². The van der Waals surface area contributed by atoms with Crippen LogP contribution in [0.3, 0.4) is 0 Å². The molecule has 0 aliphatic carbocycles. The third-order valence-corrected chi connectivity index (χ3v) is 4.98. The van der Waals surface area contributed by atoms with Crippen LogP contribution in [0.25, 0.3) is 11.1 Å². The molecule has 1 aliphatic rings. The van der Waals surface area contributed by atoms with Crippen LogP contribution in [-0.2, 0) is 17.7 Å². The van der Waals surface area contributed by atoms with Crippen molar-refractivity contribution in [2.45, 2.75) is 39.3 Å². The van der Waals surface area contributed by atoms with Gasteiger partial charge in [-0.25, -0.2) is 4.79 Å². The molecule has 138 valence electrons. The van der Waals surface area contributed by atoms with E-state index in [0.29, 0.717) is 13.1 Å².